The standard InChI is InChI=1S/C11H16N6O2S/c1-8-13-11(16-15-8)7-17(2)20(18,19)10-5-3-9(14-12)4-6-10/h3-6,14H,7,12H2,1-2H3,(H,13,15,16). The van der Waals surface area contributed by atoms with Gasteiger partial charge in [-0.3, -0.25) is 10.9 Å². The molecule has 8 nitrogen and oxygen atoms in total. The van der Waals surface area contributed by atoms with Crippen LogP contribution in [0.1, 0.15) is 11.6 Å². The SMILES string of the molecule is Cc1nc(CN(C)S(=O)(=O)c2ccc(NN)cc2)n[nH]1. The summed E-state index contributed by atoms with van der Waals surface area (Å²) < 4.78 is 25.9. The number of H-pyrrole nitrogens is 1. The summed E-state index contributed by atoms with van der Waals surface area (Å²) in [6.45, 7) is 1.85. The summed E-state index contributed by atoms with van der Waals surface area (Å²) in [6, 6.07) is 6.17. The van der Waals surface area contributed by atoms with Crippen molar-refractivity contribution in [2.75, 3.05) is 12.5 Å². The Morgan fingerprint density at radius 1 is 1.35 bits per heavy atom. The van der Waals surface area contributed by atoms with Crippen LogP contribution in [-0.2, 0) is 16.6 Å². The quantitative estimate of drug-likeness (QED) is 0.536. The van der Waals surface area contributed by atoms with Gasteiger partial charge in [-0.15, -0.1) is 0 Å². The van der Waals surface area contributed by atoms with E-state index in [0.717, 1.165) is 0 Å². The third-order valence-corrected chi connectivity index (χ3v) is 4.55. The van der Waals surface area contributed by atoms with E-state index in [1.807, 2.05) is 0 Å². The Kier molecular flexibility index (Phi) is 4.02. The third kappa shape index (κ3) is 2.95. The lowest BCUT2D eigenvalue weighted by atomic mass is 10.3. The highest BCUT2D eigenvalue weighted by Crippen LogP contribution is 2.18. The van der Waals surface area contributed by atoms with Crippen molar-refractivity contribution in [3.05, 3.63) is 35.9 Å². The van der Waals surface area contributed by atoms with Crippen LogP contribution in [0.3, 0.4) is 0 Å². The smallest absolute Gasteiger partial charge is 0.243 e. The molecule has 0 aliphatic heterocycles. The van der Waals surface area contributed by atoms with Crippen LogP contribution in [0.25, 0.3) is 0 Å². The molecule has 4 N–H and O–H groups in total. The molecule has 0 spiro atoms. The molecular formula is C11H16N6O2S. The largest absolute Gasteiger partial charge is 0.324 e. The number of nitrogen functional groups attached to an aromatic ring is 1. The first-order valence-electron chi connectivity index (χ1n) is 5.84. The number of nitrogens with two attached hydrogens (primary N) is 1. The molecule has 1 heterocycles. The van der Waals surface area contributed by atoms with E-state index in [0.29, 0.717) is 17.3 Å². The number of aromatic nitrogens is 3. The van der Waals surface area contributed by atoms with E-state index in [-0.39, 0.29) is 11.4 Å². The molecule has 0 aliphatic rings. The number of anilines is 1. The molecule has 0 unspecified atom stereocenters. The van der Waals surface area contributed by atoms with Gasteiger partial charge < -0.3 is 5.43 Å². The first kappa shape index (κ1) is 14.4. The summed E-state index contributed by atoms with van der Waals surface area (Å²) in [5.74, 6) is 6.31. The number of hydrogen-bond donors (Lipinski definition) is 3. The van der Waals surface area contributed by atoms with Crippen molar-refractivity contribution in [1.29, 1.82) is 0 Å². The summed E-state index contributed by atoms with van der Waals surface area (Å²) in [5, 5.41) is 6.60. The van der Waals surface area contributed by atoms with Crippen LogP contribution in [0.15, 0.2) is 29.2 Å². The molecule has 20 heavy (non-hydrogen) atoms. The van der Waals surface area contributed by atoms with Gasteiger partial charge in [0.25, 0.3) is 0 Å². The second kappa shape index (κ2) is 5.57. The minimum atomic E-state index is -3.58. The molecule has 1 aromatic carbocycles. The Labute approximate surface area is 117 Å². The van der Waals surface area contributed by atoms with Gasteiger partial charge in [0.2, 0.25) is 10.0 Å². The van der Waals surface area contributed by atoms with Crippen molar-refractivity contribution >= 4 is 15.7 Å². The molecule has 1 aromatic heterocycles. The summed E-state index contributed by atoms with van der Waals surface area (Å²) in [5.41, 5.74) is 3.08. The van der Waals surface area contributed by atoms with Crippen molar-refractivity contribution in [2.45, 2.75) is 18.4 Å². The fourth-order valence-electron chi connectivity index (χ4n) is 1.65. The van der Waals surface area contributed by atoms with Gasteiger partial charge in [-0.1, -0.05) is 0 Å². The van der Waals surface area contributed by atoms with Crippen LogP contribution in [0.5, 0.6) is 0 Å². The third-order valence-electron chi connectivity index (χ3n) is 2.74. The molecule has 0 fully saturated rings. The fourth-order valence-corrected chi connectivity index (χ4v) is 2.77. The lowest BCUT2D eigenvalue weighted by Gasteiger charge is -2.15. The minimum absolute atomic E-state index is 0.101. The second-order valence-electron chi connectivity index (χ2n) is 4.27. The van der Waals surface area contributed by atoms with Crippen molar-refractivity contribution < 1.29 is 8.42 Å². The lowest BCUT2D eigenvalue weighted by molar-refractivity contribution is 0.457. The fraction of sp³-hybridized carbons (Fsp3) is 0.273. The molecule has 2 rings (SSSR count). The van der Waals surface area contributed by atoms with Gasteiger partial charge in [-0.05, 0) is 31.2 Å². The Balaban J connectivity index is 2.19. The van der Waals surface area contributed by atoms with Crippen molar-refractivity contribution in [3.8, 4) is 0 Å². The number of nitrogens with one attached hydrogen (secondary N) is 2. The number of benzene rings is 1. The summed E-state index contributed by atoms with van der Waals surface area (Å²) >= 11 is 0. The molecule has 0 atom stereocenters. The number of hydrogen-bond acceptors (Lipinski definition) is 6. The van der Waals surface area contributed by atoms with E-state index < -0.39 is 10.0 Å². The van der Waals surface area contributed by atoms with Gasteiger partial charge in [-0.25, -0.2) is 13.4 Å². The Morgan fingerprint density at radius 2 is 2.00 bits per heavy atom. The average Bonchev–Trinajstić information content (AvgIpc) is 2.84. The highest BCUT2D eigenvalue weighted by molar-refractivity contribution is 7.89. The first-order valence-corrected chi connectivity index (χ1v) is 7.28. The van der Waals surface area contributed by atoms with Gasteiger partial charge in [0.1, 0.15) is 5.82 Å². The van der Waals surface area contributed by atoms with E-state index in [1.54, 1.807) is 19.1 Å². The molecular weight excluding hydrogens is 280 g/mol. The van der Waals surface area contributed by atoms with E-state index in [1.165, 1.54) is 23.5 Å². The molecule has 0 aliphatic carbocycles. The second-order valence-corrected chi connectivity index (χ2v) is 6.31. The number of hydrazine groups is 1. The van der Waals surface area contributed by atoms with Gasteiger partial charge >= 0.3 is 0 Å². The minimum Gasteiger partial charge on any atom is -0.324 e. The zero-order valence-electron chi connectivity index (χ0n) is 11.2. The summed E-state index contributed by atoms with van der Waals surface area (Å²) in [4.78, 5) is 4.27. The van der Waals surface area contributed by atoms with E-state index in [4.69, 9.17) is 5.84 Å². The van der Waals surface area contributed by atoms with Crippen molar-refractivity contribution in [3.63, 3.8) is 0 Å². The number of aromatic amines is 1. The molecule has 108 valence electrons. The topological polar surface area (TPSA) is 117 Å². The number of sulfonamides is 1. The van der Waals surface area contributed by atoms with Crippen molar-refractivity contribution in [1.82, 2.24) is 19.5 Å². The van der Waals surface area contributed by atoms with E-state index in [2.05, 4.69) is 20.6 Å². The molecule has 9 heteroatoms. The summed E-state index contributed by atoms with van der Waals surface area (Å²) in [6.07, 6.45) is 0. The van der Waals surface area contributed by atoms with Gasteiger partial charge in [0.05, 0.1) is 11.4 Å². The molecule has 0 saturated carbocycles. The van der Waals surface area contributed by atoms with Gasteiger partial charge in [-0.2, -0.15) is 9.40 Å². The van der Waals surface area contributed by atoms with Crippen LogP contribution in [0.4, 0.5) is 5.69 Å². The molecule has 0 amide bonds. The normalized spacial score (nSPS) is 11.8. The van der Waals surface area contributed by atoms with Crippen LogP contribution in [-0.4, -0.2) is 35.0 Å². The highest BCUT2D eigenvalue weighted by Gasteiger charge is 2.22. The van der Waals surface area contributed by atoms with E-state index in [9.17, 15) is 8.42 Å². The van der Waals surface area contributed by atoms with Crippen LogP contribution < -0.4 is 11.3 Å². The van der Waals surface area contributed by atoms with E-state index >= 15 is 0 Å². The molecule has 0 saturated heterocycles. The maximum atomic E-state index is 12.4. The van der Waals surface area contributed by atoms with Crippen molar-refractivity contribution in [2.24, 2.45) is 5.84 Å². The molecule has 2 aromatic rings. The lowest BCUT2D eigenvalue weighted by Crippen LogP contribution is -2.27. The van der Waals surface area contributed by atoms with Crippen LogP contribution in [0, 0.1) is 6.92 Å². The maximum Gasteiger partial charge on any atom is 0.243 e. The Morgan fingerprint density at radius 3 is 2.50 bits per heavy atom. The predicted molar refractivity (Wildman–Crippen MR) is 74.0 cm³/mol. The number of aryl methyl sites for hydroxylation is 1. The number of rotatable bonds is 5. The maximum absolute atomic E-state index is 12.4. The zero-order valence-corrected chi connectivity index (χ0v) is 12.0. The van der Waals surface area contributed by atoms with Crippen LogP contribution in [0.2, 0.25) is 0 Å². The Bertz CT molecular complexity index is 679. The monoisotopic (exact) mass is 296 g/mol. The number of nitrogens with zero attached hydrogens (tertiary/aromatic N) is 3. The average molecular weight is 296 g/mol. The Hall–Kier alpha value is -1.97. The zero-order chi connectivity index (χ0) is 14.8. The van der Waals surface area contributed by atoms with Gasteiger partial charge in [0.15, 0.2) is 5.82 Å². The molecule has 0 bridgehead atoms. The summed E-state index contributed by atoms with van der Waals surface area (Å²) in [7, 11) is -2.10. The van der Waals surface area contributed by atoms with Gasteiger partial charge in [0, 0.05) is 12.7 Å². The van der Waals surface area contributed by atoms with Crippen LogP contribution >= 0.6 is 0 Å². The predicted octanol–water partition coefficient (Wildman–Crippen LogP) is 0.219. The molecule has 0 radical (unpaired) electrons. The highest BCUT2D eigenvalue weighted by atomic mass is 32.2. The first-order chi connectivity index (χ1) is 9.43.